The second-order valence-electron chi connectivity index (χ2n) is 6.39. The lowest BCUT2D eigenvalue weighted by atomic mass is 10.1. The second-order valence-corrected chi connectivity index (χ2v) is 8.61. The molecule has 0 unspecified atom stereocenters. The van der Waals surface area contributed by atoms with Crippen LogP contribution in [0.3, 0.4) is 0 Å². The zero-order chi connectivity index (χ0) is 17.9. The molecule has 140 valence electrons. The zero-order valence-electron chi connectivity index (χ0n) is 14.1. The van der Waals surface area contributed by atoms with Crippen LogP contribution in [0.15, 0.2) is 58.0 Å². The molecule has 0 amide bonds. The van der Waals surface area contributed by atoms with E-state index < -0.39 is 10.0 Å². The average molecular weight is 423 g/mol. The van der Waals surface area contributed by atoms with Crippen LogP contribution in [0.1, 0.15) is 11.3 Å². The van der Waals surface area contributed by atoms with Gasteiger partial charge in [0.2, 0.25) is 0 Å². The van der Waals surface area contributed by atoms with Crippen molar-refractivity contribution in [3.8, 4) is 0 Å². The lowest BCUT2D eigenvalue weighted by Gasteiger charge is -2.11. The summed E-state index contributed by atoms with van der Waals surface area (Å²) in [6.07, 6.45) is 2.34. The van der Waals surface area contributed by atoms with Crippen molar-refractivity contribution in [2.75, 3.05) is 6.54 Å². The molecule has 1 N–H and O–H groups in total. The lowest BCUT2D eigenvalue weighted by molar-refractivity contribution is 0.500. The molecule has 0 bridgehead atoms. The van der Waals surface area contributed by atoms with Gasteiger partial charge in [-0.15, -0.1) is 12.4 Å². The SMILES string of the molecule is Cl.O=S(=O)(c1cc(Cl)c2oc3c(c2c1)CNCC3)n1ccc2ccccc21. The molecule has 4 aromatic rings. The fourth-order valence-corrected chi connectivity index (χ4v) is 5.30. The summed E-state index contributed by atoms with van der Waals surface area (Å²) in [6, 6.07) is 12.3. The summed E-state index contributed by atoms with van der Waals surface area (Å²) in [5, 5.41) is 5.23. The Kier molecular flexibility index (Phi) is 4.47. The number of nitrogens with zero attached hydrogens (tertiary/aromatic N) is 1. The summed E-state index contributed by atoms with van der Waals surface area (Å²) < 4.78 is 33.7. The minimum atomic E-state index is -3.77. The number of hydrogen-bond acceptors (Lipinski definition) is 4. The van der Waals surface area contributed by atoms with Crippen LogP contribution in [-0.2, 0) is 23.0 Å². The van der Waals surface area contributed by atoms with Gasteiger partial charge in [-0.1, -0.05) is 29.8 Å². The van der Waals surface area contributed by atoms with Gasteiger partial charge in [-0.25, -0.2) is 12.4 Å². The van der Waals surface area contributed by atoms with Gasteiger partial charge in [-0.2, -0.15) is 0 Å². The third kappa shape index (κ3) is 2.75. The van der Waals surface area contributed by atoms with Crippen LogP contribution in [0.4, 0.5) is 0 Å². The summed E-state index contributed by atoms with van der Waals surface area (Å²) in [4.78, 5) is 0.158. The molecular weight excluding hydrogens is 407 g/mol. The van der Waals surface area contributed by atoms with Gasteiger partial charge >= 0.3 is 0 Å². The number of rotatable bonds is 2. The van der Waals surface area contributed by atoms with E-state index in [4.69, 9.17) is 16.0 Å². The smallest absolute Gasteiger partial charge is 0.268 e. The minimum Gasteiger partial charge on any atom is -0.459 e. The molecule has 3 heterocycles. The van der Waals surface area contributed by atoms with E-state index in [1.165, 1.54) is 10.0 Å². The normalized spacial score (nSPS) is 14.3. The topological polar surface area (TPSA) is 64.2 Å². The molecule has 0 aliphatic carbocycles. The Morgan fingerprint density at radius 3 is 2.81 bits per heavy atom. The Hall–Kier alpha value is -1.99. The van der Waals surface area contributed by atoms with Crippen LogP contribution in [-0.4, -0.2) is 18.9 Å². The Labute approximate surface area is 167 Å². The monoisotopic (exact) mass is 422 g/mol. The summed E-state index contributed by atoms with van der Waals surface area (Å²) in [6.45, 7) is 1.49. The fraction of sp³-hybridized carbons (Fsp3) is 0.158. The maximum atomic E-state index is 13.3. The van der Waals surface area contributed by atoms with E-state index in [-0.39, 0.29) is 17.3 Å². The zero-order valence-corrected chi connectivity index (χ0v) is 16.5. The van der Waals surface area contributed by atoms with Gasteiger partial charge in [0.15, 0.2) is 5.58 Å². The number of aromatic nitrogens is 1. The quantitative estimate of drug-likeness (QED) is 0.521. The second kappa shape index (κ2) is 6.56. The van der Waals surface area contributed by atoms with E-state index in [2.05, 4.69) is 5.32 Å². The number of halogens is 2. The fourth-order valence-electron chi connectivity index (χ4n) is 3.57. The third-order valence-corrected chi connectivity index (χ3v) is 6.80. The van der Waals surface area contributed by atoms with Crippen molar-refractivity contribution in [1.82, 2.24) is 9.29 Å². The van der Waals surface area contributed by atoms with Crippen molar-refractivity contribution < 1.29 is 12.8 Å². The van der Waals surface area contributed by atoms with Crippen LogP contribution in [0.5, 0.6) is 0 Å². The van der Waals surface area contributed by atoms with E-state index in [0.717, 1.165) is 35.1 Å². The molecular formula is C19H16Cl2N2O3S. The standard InChI is InChI=1S/C19H15ClN2O3S.ClH/c20-16-10-13(9-14-15-11-21-7-5-18(15)25-19(14)16)26(23,24)22-8-6-12-3-1-2-4-17(12)22;/h1-4,6,8-10,21H,5,7,11H2;1H. The molecule has 0 fully saturated rings. The van der Waals surface area contributed by atoms with Gasteiger partial charge in [0.1, 0.15) is 5.76 Å². The van der Waals surface area contributed by atoms with Gasteiger partial charge < -0.3 is 9.73 Å². The highest BCUT2D eigenvalue weighted by molar-refractivity contribution is 7.90. The highest BCUT2D eigenvalue weighted by Gasteiger charge is 2.25. The van der Waals surface area contributed by atoms with Crippen molar-refractivity contribution in [1.29, 1.82) is 0 Å². The maximum absolute atomic E-state index is 13.3. The number of furan rings is 1. The van der Waals surface area contributed by atoms with Crippen LogP contribution in [0, 0.1) is 0 Å². The van der Waals surface area contributed by atoms with Crippen LogP contribution < -0.4 is 5.32 Å². The van der Waals surface area contributed by atoms with Crippen molar-refractivity contribution >= 4 is 55.9 Å². The summed E-state index contributed by atoms with van der Waals surface area (Å²) in [5.74, 6) is 0.876. The molecule has 0 spiro atoms. The van der Waals surface area contributed by atoms with Crippen molar-refractivity contribution in [2.24, 2.45) is 0 Å². The van der Waals surface area contributed by atoms with Crippen LogP contribution >= 0.6 is 24.0 Å². The molecule has 2 aromatic heterocycles. The van der Waals surface area contributed by atoms with Gasteiger partial charge in [0.25, 0.3) is 10.0 Å². The largest absolute Gasteiger partial charge is 0.459 e. The molecule has 0 saturated heterocycles. The Morgan fingerprint density at radius 1 is 1.15 bits per heavy atom. The number of fused-ring (bicyclic) bond motifs is 4. The van der Waals surface area contributed by atoms with Crippen LogP contribution in [0.25, 0.3) is 21.9 Å². The Balaban J connectivity index is 0.00000180. The molecule has 5 rings (SSSR count). The first-order valence-electron chi connectivity index (χ1n) is 8.32. The maximum Gasteiger partial charge on any atom is 0.268 e. The first kappa shape index (κ1) is 18.4. The predicted octanol–water partition coefficient (Wildman–Crippen LogP) is 4.35. The average Bonchev–Trinajstić information content (AvgIpc) is 3.24. The van der Waals surface area contributed by atoms with E-state index in [0.29, 0.717) is 22.7 Å². The van der Waals surface area contributed by atoms with Gasteiger partial charge in [0.05, 0.1) is 15.4 Å². The van der Waals surface area contributed by atoms with E-state index in [1.54, 1.807) is 24.4 Å². The molecule has 0 radical (unpaired) electrons. The molecule has 5 nitrogen and oxygen atoms in total. The van der Waals surface area contributed by atoms with E-state index in [9.17, 15) is 8.42 Å². The van der Waals surface area contributed by atoms with Crippen molar-refractivity contribution in [2.45, 2.75) is 17.9 Å². The summed E-state index contributed by atoms with van der Waals surface area (Å²) >= 11 is 6.38. The van der Waals surface area contributed by atoms with Crippen molar-refractivity contribution in [3.63, 3.8) is 0 Å². The first-order chi connectivity index (χ1) is 12.6. The molecule has 27 heavy (non-hydrogen) atoms. The number of nitrogens with one attached hydrogen (secondary N) is 1. The molecule has 8 heteroatoms. The third-order valence-electron chi connectivity index (χ3n) is 4.86. The molecule has 1 aliphatic heterocycles. The van der Waals surface area contributed by atoms with Gasteiger partial charge in [-0.05, 0) is 24.3 Å². The highest BCUT2D eigenvalue weighted by Crippen LogP contribution is 2.36. The minimum absolute atomic E-state index is 0. The first-order valence-corrected chi connectivity index (χ1v) is 10.1. The number of hydrogen-bond donors (Lipinski definition) is 1. The van der Waals surface area contributed by atoms with Gasteiger partial charge in [-0.3, -0.25) is 0 Å². The number of benzene rings is 2. The molecule has 1 aliphatic rings. The molecule has 2 aromatic carbocycles. The molecule has 0 atom stereocenters. The lowest BCUT2D eigenvalue weighted by Crippen LogP contribution is -2.22. The summed E-state index contributed by atoms with van der Waals surface area (Å²) in [7, 11) is -3.77. The Bertz CT molecular complexity index is 1280. The molecule has 0 saturated carbocycles. The predicted molar refractivity (Wildman–Crippen MR) is 108 cm³/mol. The van der Waals surface area contributed by atoms with Gasteiger partial charge in [0, 0.05) is 42.0 Å². The highest BCUT2D eigenvalue weighted by atomic mass is 35.5. The summed E-state index contributed by atoms with van der Waals surface area (Å²) in [5.41, 5.74) is 2.18. The van der Waals surface area contributed by atoms with E-state index >= 15 is 0 Å². The van der Waals surface area contributed by atoms with Crippen molar-refractivity contribution in [3.05, 3.63) is 65.0 Å². The number of para-hydroxylation sites is 1. The van der Waals surface area contributed by atoms with E-state index in [1.807, 2.05) is 18.2 Å². The Morgan fingerprint density at radius 2 is 1.96 bits per heavy atom. The van der Waals surface area contributed by atoms with Crippen LogP contribution in [0.2, 0.25) is 5.02 Å².